The molecule has 0 amide bonds. The van der Waals surface area contributed by atoms with Gasteiger partial charge in [0.25, 0.3) is 0 Å². The Labute approximate surface area is 176 Å². The fourth-order valence-corrected chi connectivity index (χ4v) is 3.76. The van der Waals surface area contributed by atoms with Gasteiger partial charge in [0.05, 0.1) is 5.52 Å². The summed E-state index contributed by atoms with van der Waals surface area (Å²) in [5.74, 6) is 1.69. The Morgan fingerprint density at radius 3 is 2.50 bits per heavy atom. The highest BCUT2D eigenvalue weighted by Crippen LogP contribution is 2.34. The van der Waals surface area contributed by atoms with Crippen molar-refractivity contribution in [2.75, 3.05) is 26.3 Å². The van der Waals surface area contributed by atoms with Gasteiger partial charge >= 0.3 is 0 Å². The van der Waals surface area contributed by atoms with E-state index in [1.54, 1.807) is 0 Å². The highest BCUT2D eigenvalue weighted by atomic mass is 16.5. The zero-order valence-electron chi connectivity index (χ0n) is 17.5. The van der Waals surface area contributed by atoms with Crippen LogP contribution in [0.15, 0.2) is 66.7 Å². The summed E-state index contributed by atoms with van der Waals surface area (Å²) in [6.07, 6.45) is -0.603. The second-order valence-electron chi connectivity index (χ2n) is 7.51. The van der Waals surface area contributed by atoms with Crippen LogP contribution in [0.4, 0.5) is 0 Å². The highest BCUT2D eigenvalue weighted by molar-refractivity contribution is 6.11. The Bertz CT molecular complexity index is 1140. The van der Waals surface area contributed by atoms with E-state index >= 15 is 0 Å². The van der Waals surface area contributed by atoms with Crippen LogP contribution < -0.4 is 14.8 Å². The van der Waals surface area contributed by atoms with Gasteiger partial charge in [-0.05, 0) is 36.8 Å². The standard InChI is InChI=1S/C25H28N2O3/c1-18-8-3-6-12-23(18)29-15-14-26-16-19(28)17-30-24-13-7-11-22-25(24)20-9-4-5-10-21(20)27(22)2/h3-13,19,26,28H,14-17H2,1-2H3. The lowest BCUT2D eigenvalue weighted by atomic mass is 10.1. The van der Waals surface area contributed by atoms with Crippen molar-refractivity contribution in [3.8, 4) is 11.5 Å². The summed E-state index contributed by atoms with van der Waals surface area (Å²) in [5.41, 5.74) is 3.41. The number of para-hydroxylation sites is 2. The monoisotopic (exact) mass is 404 g/mol. The van der Waals surface area contributed by atoms with Gasteiger partial charge in [-0.1, -0.05) is 42.5 Å². The fraction of sp³-hybridized carbons (Fsp3) is 0.280. The molecule has 1 atom stereocenters. The molecule has 4 aromatic rings. The van der Waals surface area contributed by atoms with E-state index in [2.05, 4.69) is 35.1 Å². The van der Waals surface area contributed by atoms with Gasteiger partial charge in [0.1, 0.15) is 30.8 Å². The first-order valence-electron chi connectivity index (χ1n) is 10.3. The molecule has 0 aliphatic heterocycles. The summed E-state index contributed by atoms with van der Waals surface area (Å²) in [7, 11) is 2.06. The van der Waals surface area contributed by atoms with E-state index in [1.807, 2.05) is 55.5 Å². The number of fused-ring (bicyclic) bond motifs is 3. The molecular weight excluding hydrogens is 376 g/mol. The third-order valence-electron chi connectivity index (χ3n) is 5.34. The van der Waals surface area contributed by atoms with E-state index in [1.165, 1.54) is 5.52 Å². The predicted molar refractivity (Wildman–Crippen MR) is 121 cm³/mol. The summed E-state index contributed by atoms with van der Waals surface area (Å²) in [6.45, 7) is 3.91. The second-order valence-corrected chi connectivity index (χ2v) is 7.51. The number of benzene rings is 3. The van der Waals surface area contributed by atoms with E-state index in [-0.39, 0.29) is 6.61 Å². The molecule has 30 heavy (non-hydrogen) atoms. The van der Waals surface area contributed by atoms with Crippen molar-refractivity contribution in [1.29, 1.82) is 0 Å². The molecule has 1 unspecified atom stereocenters. The van der Waals surface area contributed by atoms with Crippen LogP contribution in [0.25, 0.3) is 21.8 Å². The van der Waals surface area contributed by atoms with E-state index in [0.29, 0.717) is 19.7 Å². The number of aromatic nitrogens is 1. The molecule has 0 saturated heterocycles. The third kappa shape index (κ3) is 4.27. The van der Waals surface area contributed by atoms with Crippen LogP contribution in [-0.2, 0) is 7.05 Å². The molecule has 5 heteroatoms. The van der Waals surface area contributed by atoms with Crippen molar-refractivity contribution in [3.05, 3.63) is 72.3 Å². The number of aliphatic hydroxyl groups excluding tert-OH is 1. The zero-order valence-corrected chi connectivity index (χ0v) is 17.5. The lowest BCUT2D eigenvalue weighted by molar-refractivity contribution is 0.106. The van der Waals surface area contributed by atoms with Gasteiger partial charge in [0, 0.05) is 36.4 Å². The van der Waals surface area contributed by atoms with Gasteiger partial charge in [-0.2, -0.15) is 0 Å². The second kappa shape index (κ2) is 9.20. The number of aryl methyl sites for hydroxylation is 2. The van der Waals surface area contributed by atoms with E-state index in [9.17, 15) is 5.11 Å². The molecule has 1 heterocycles. The maximum absolute atomic E-state index is 10.3. The van der Waals surface area contributed by atoms with Crippen molar-refractivity contribution in [2.45, 2.75) is 13.0 Å². The highest BCUT2D eigenvalue weighted by Gasteiger charge is 2.13. The van der Waals surface area contributed by atoms with Crippen LogP contribution in [0.5, 0.6) is 11.5 Å². The molecule has 2 N–H and O–H groups in total. The summed E-state index contributed by atoms with van der Waals surface area (Å²) in [5, 5.41) is 15.8. The Morgan fingerprint density at radius 2 is 1.63 bits per heavy atom. The molecule has 4 rings (SSSR count). The van der Waals surface area contributed by atoms with Gasteiger partial charge in [0.15, 0.2) is 0 Å². The van der Waals surface area contributed by atoms with Crippen molar-refractivity contribution < 1.29 is 14.6 Å². The number of hydrogen-bond donors (Lipinski definition) is 2. The van der Waals surface area contributed by atoms with Crippen molar-refractivity contribution in [2.24, 2.45) is 7.05 Å². The number of ether oxygens (including phenoxy) is 2. The first-order valence-corrected chi connectivity index (χ1v) is 10.3. The molecule has 3 aromatic carbocycles. The van der Waals surface area contributed by atoms with Crippen LogP contribution in [0, 0.1) is 6.92 Å². The Morgan fingerprint density at radius 1 is 0.900 bits per heavy atom. The van der Waals surface area contributed by atoms with E-state index in [4.69, 9.17) is 9.47 Å². The van der Waals surface area contributed by atoms with Crippen molar-refractivity contribution in [1.82, 2.24) is 9.88 Å². The van der Waals surface area contributed by atoms with Gasteiger partial charge in [0.2, 0.25) is 0 Å². The normalized spacial score (nSPS) is 12.4. The Balaban J connectivity index is 1.30. The average Bonchev–Trinajstić information content (AvgIpc) is 3.06. The molecule has 0 aliphatic carbocycles. The molecule has 5 nitrogen and oxygen atoms in total. The number of aliphatic hydroxyl groups is 1. The molecule has 156 valence electrons. The summed E-state index contributed by atoms with van der Waals surface area (Å²) >= 11 is 0. The summed E-state index contributed by atoms with van der Waals surface area (Å²) < 4.78 is 13.9. The Hall–Kier alpha value is -3.02. The van der Waals surface area contributed by atoms with Crippen LogP contribution in [0.2, 0.25) is 0 Å². The van der Waals surface area contributed by atoms with Gasteiger partial charge in [-0.15, -0.1) is 0 Å². The molecule has 0 aliphatic rings. The first kappa shape index (κ1) is 20.3. The Kier molecular flexibility index (Phi) is 6.21. The minimum atomic E-state index is -0.603. The molecule has 0 radical (unpaired) electrons. The third-order valence-corrected chi connectivity index (χ3v) is 5.34. The molecule has 0 saturated carbocycles. The SMILES string of the molecule is Cc1ccccc1OCCNCC(O)COc1cccc2c1c1ccccc1n2C. The minimum Gasteiger partial charge on any atom is -0.492 e. The lowest BCUT2D eigenvalue weighted by Gasteiger charge is -2.15. The van der Waals surface area contributed by atoms with Crippen LogP contribution in [0.3, 0.4) is 0 Å². The molecule has 0 bridgehead atoms. The molecule has 1 aromatic heterocycles. The van der Waals surface area contributed by atoms with Crippen molar-refractivity contribution >= 4 is 21.8 Å². The number of hydrogen-bond acceptors (Lipinski definition) is 4. The van der Waals surface area contributed by atoms with Crippen LogP contribution in [0.1, 0.15) is 5.56 Å². The molecule has 0 spiro atoms. The van der Waals surface area contributed by atoms with E-state index < -0.39 is 6.10 Å². The maximum Gasteiger partial charge on any atom is 0.129 e. The van der Waals surface area contributed by atoms with Gasteiger partial charge < -0.3 is 24.5 Å². The van der Waals surface area contributed by atoms with Gasteiger partial charge in [-0.3, -0.25) is 0 Å². The topological polar surface area (TPSA) is 55.6 Å². The largest absolute Gasteiger partial charge is 0.492 e. The van der Waals surface area contributed by atoms with Crippen LogP contribution >= 0.6 is 0 Å². The van der Waals surface area contributed by atoms with Crippen molar-refractivity contribution in [3.63, 3.8) is 0 Å². The molecular formula is C25H28N2O3. The maximum atomic E-state index is 10.3. The average molecular weight is 405 g/mol. The lowest BCUT2D eigenvalue weighted by Crippen LogP contribution is -2.33. The quantitative estimate of drug-likeness (QED) is 0.413. The summed E-state index contributed by atoms with van der Waals surface area (Å²) in [6, 6.07) is 22.3. The fourth-order valence-electron chi connectivity index (χ4n) is 3.76. The number of nitrogens with zero attached hydrogens (tertiary/aromatic N) is 1. The number of nitrogens with one attached hydrogen (secondary N) is 1. The van der Waals surface area contributed by atoms with Crippen LogP contribution in [-0.4, -0.2) is 42.1 Å². The van der Waals surface area contributed by atoms with E-state index in [0.717, 1.165) is 33.4 Å². The zero-order chi connectivity index (χ0) is 20.9. The minimum absolute atomic E-state index is 0.230. The number of rotatable bonds is 9. The first-order chi connectivity index (χ1) is 14.6. The predicted octanol–water partition coefficient (Wildman–Crippen LogP) is 4.05. The molecule has 0 fully saturated rings. The van der Waals surface area contributed by atoms with Gasteiger partial charge in [-0.25, -0.2) is 0 Å². The summed E-state index contributed by atoms with van der Waals surface area (Å²) in [4.78, 5) is 0. The smallest absolute Gasteiger partial charge is 0.129 e.